The molecule has 2 rings (SSSR count). The zero-order valence-electron chi connectivity index (χ0n) is 9.33. The number of halogens is 2. The molecule has 17 heavy (non-hydrogen) atoms. The summed E-state index contributed by atoms with van der Waals surface area (Å²) < 4.78 is 0.797. The summed E-state index contributed by atoms with van der Waals surface area (Å²) in [6, 6.07) is 5.35. The van der Waals surface area contributed by atoms with Gasteiger partial charge in [-0.2, -0.15) is 0 Å². The van der Waals surface area contributed by atoms with Gasteiger partial charge in [-0.15, -0.1) is 0 Å². The molecule has 0 aliphatic carbocycles. The van der Waals surface area contributed by atoms with E-state index in [1.54, 1.807) is 23.1 Å². The Labute approximate surface area is 114 Å². The van der Waals surface area contributed by atoms with E-state index in [1.165, 1.54) is 0 Å². The van der Waals surface area contributed by atoms with E-state index in [0.717, 1.165) is 23.9 Å². The van der Waals surface area contributed by atoms with E-state index < -0.39 is 0 Å². The van der Waals surface area contributed by atoms with E-state index in [4.69, 9.17) is 17.3 Å². The molecular weight excluding hydrogens is 304 g/mol. The van der Waals surface area contributed by atoms with Gasteiger partial charge in [-0.1, -0.05) is 11.6 Å². The van der Waals surface area contributed by atoms with Crippen molar-refractivity contribution in [3.8, 4) is 0 Å². The molecule has 0 radical (unpaired) electrons. The van der Waals surface area contributed by atoms with Crippen LogP contribution in [0, 0.1) is 0 Å². The molecule has 1 fully saturated rings. The van der Waals surface area contributed by atoms with E-state index in [2.05, 4.69) is 15.9 Å². The van der Waals surface area contributed by atoms with Crippen molar-refractivity contribution in [3.63, 3.8) is 0 Å². The van der Waals surface area contributed by atoms with E-state index in [1.807, 2.05) is 0 Å². The molecule has 0 bridgehead atoms. The average molecular weight is 318 g/mol. The van der Waals surface area contributed by atoms with Gasteiger partial charge in [-0.25, -0.2) is 0 Å². The van der Waals surface area contributed by atoms with Crippen LogP contribution in [0.4, 0.5) is 0 Å². The SMILES string of the molecule is N[C@@H]1CCCN(C(=O)c2ccc(Br)c(Cl)c2)C1. The van der Waals surface area contributed by atoms with E-state index in [0.29, 0.717) is 17.1 Å². The third-order valence-corrected chi connectivity index (χ3v) is 4.14. The van der Waals surface area contributed by atoms with Gasteiger partial charge in [-0.3, -0.25) is 4.79 Å². The van der Waals surface area contributed by atoms with Gasteiger partial charge in [0.25, 0.3) is 5.91 Å². The topological polar surface area (TPSA) is 46.3 Å². The van der Waals surface area contributed by atoms with Crippen LogP contribution < -0.4 is 5.73 Å². The smallest absolute Gasteiger partial charge is 0.253 e. The summed E-state index contributed by atoms with van der Waals surface area (Å²) in [5.41, 5.74) is 6.49. The molecule has 1 aromatic rings. The van der Waals surface area contributed by atoms with E-state index in [-0.39, 0.29) is 11.9 Å². The predicted octanol–water partition coefficient (Wildman–Crippen LogP) is 2.67. The first-order chi connectivity index (χ1) is 8.08. The largest absolute Gasteiger partial charge is 0.337 e. The highest BCUT2D eigenvalue weighted by atomic mass is 79.9. The zero-order valence-corrected chi connectivity index (χ0v) is 11.7. The third-order valence-electron chi connectivity index (χ3n) is 2.91. The van der Waals surface area contributed by atoms with Crippen molar-refractivity contribution in [1.82, 2.24) is 4.90 Å². The highest BCUT2D eigenvalue weighted by Gasteiger charge is 2.22. The fourth-order valence-corrected chi connectivity index (χ4v) is 2.43. The third kappa shape index (κ3) is 3.00. The van der Waals surface area contributed by atoms with Crippen LogP contribution in [0.15, 0.2) is 22.7 Å². The lowest BCUT2D eigenvalue weighted by atomic mass is 10.1. The average Bonchev–Trinajstić information content (AvgIpc) is 2.32. The number of rotatable bonds is 1. The molecule has 1 aliphatic heterocycles. The van der Waals surface area contributed by atoms with Crippen molar-refractivity contribution >= 4 is 33.4 Å². The second-order valence-electron chi connectivity index (χ2n) is 4.28. The molecule has 1 aromatic carbocycles. The molecule has 1 atom stereocenters. The van der Waals surface area contributed by atoms with E-state index >= 15 is 0 Å². The van der Waals surface area contributed by atoms with Crippen molar-refractivity contribution in [2.75, 3.05) is 13.1 Å². The summed E-state index contributed by atoms with van der Waals surface area (Å²) >= 11 is 9.29. The van der Waals surface area contributed by atoms with Crippen LogP contribution in [-0.2, 0) is 0 Å². The standard InChI is InChI=1S/C12H14BrClN2O/c13-10-4-3-8(6-11(10)14)12(17)16-5-1-2-9(15)7-16/h3-4,6,9H,1-2,5,7,15H2/t9-/m1/s1. The first-order valence-electron chi connectivity index (χ1n) is 5.58. The van der Waals surface area contributed by atoms with Crippen LogP contribution in [0.5, 0.6) is 0 Å². The van der Waals surface area contributed by atoms with Gasteiger partial charge >= 0.3 is 0 Å². The molecule has 3 nitrogen and oxygen atoms in total. The maximum absolute atomic E-state index is 12.2. The van der Waals surface area contributed by atoms with Gasteiger partial charge in [0, 0.05) is 29.2 Å². The Kier molecular flexibility index (Phi) is 4.07. The number of carbonyl (C=O) groups is 1. The quantitative estimate of drug-likeness (QED) is 0.865. The van der Waals surface area contributed by atoms with Crippen LogP contribution >= 0.6 is 27.5 Å². The van der Waals surface area contributed by atoms with Gasteiger partial charge < -0.3 is 10.6 Å². The highest BCUT2D eigenvalue weighted by molar-refractivity contribution is 9.10. The van der Waals surface area contributed by atoms with Crippen molar-refractivity contribution in [1.29, 1.82) is 0 Å². The Morgan fingerprint density at radius 1 is 1.53 bits per heavy atom. The lowest BCUT2D eigenvalue weighted by molar-refractivity contribution is 0.0709. The van der Waals surface area contributed by atoms with Crippen LogP contribution in [0.3, 0.4) is 0 Å². The van der Waals surface area contributed by atoms with E-state index in [9.17, 15) is 4.79 Å². The number of nitrogens with two attached hydrogens (primary N) is 1. The molecule has 0 unspecified atom stereocenters. The van der Waals surface area contributed by atoms with Crippen molar-refractivity contribution < 1.29 is 4.79 Å². The Hall–Kier alpha value is -0.580. The summed E-state index contributed by atoms with van der Waals surface area (Å²) in [4.78, 5) is 14.0. The Morgan fingerprint density at radius 3 is 2.94 bits per heavy atom. The van der Waals surface area contributed by atoms with Crippen LogP contribution in [-0.4, -0.2) is 29.9 Å². The molecule has 5 heteroatoms. The van der Waals surface area contributed by atoms with Crippen molar-refractivity contribution in [2.45, 2.75) is 18.9 Å². The molecule has 0 saturated carbocycles. The molecule has 1 saturated heterocycles. The highest BCUT2D eigenvalue weighted by Crippen LogP contribution is 2.24. The lowest BCUT2D eigenvalue weighted by Gasteiger charge is -2.30. The number of benzene rings is 1. The Balaban J connectivity index is 2.15. The minimum Gasteiger partial charge on any atom is -0.337 e. The second kappa shape index (κ2) is 5.38. The molecule has 0 aromatic heterocycles. The minimum absolute atomic E-state index is 0.00884. The molecular formula is C12H14BrClN2O. The summed E-state index contributed by atoms with van der Waals surface area (Å²) in [6.45, 7) is 1.41. The fourth-order valence-electron chi connectivity index (χ4n) is 2.01. The van der Waals surface area contributed by atoms with Gasteiger partial charge in [0.15, 0.2) is 0 Å². The first-order valence-corrected chi connectivity index (χ1v) is 6.75. The maximum Gasteiger partial charge on any atom is 0.253 e. The number of carbonyl (C=O) groups excluding carboxylic acids is 1. The molecule has 1 heterocycles. The Bertz CT molecular complexity index is 439. The molecule has 1 aliphatic rings. The minimum atomic E-state index is 0.00884. The van der Waals surface area contributed by atoms with Gasteiger partial charge in [-0.05, 0) is 47.0 Å². The second-order valence-corrected chi connectivity index (χ2v) is 5.54. The van der Waals surface area contributed by atoms with Crippen LogP contribution in [0.25, 0.3) is 0 Å². The molecule has 92 valence electrons. The normalized spacial score (nSPS) is 20.4. The lowest BCUT2D eigenvalue weighted by Crippen LogP contribution is -2.45. The number of nitrogens with zero attached hydrogens (tertiary/aromatic N) is 1. The number of likely N-dealkylation sites (tertiary alicyclic amines) is 1. The predicted molar refractivity (Wildman–Crippen MR) is 72.3 cm³/mol. The van der Waals surface area contributed by atoms with Gasteiger partial charge in [0.1, 0.15) is 0 Å². The van der Waals surface area contributed by atoms with Crippen molar-refractivity contribution in [2.24, 2.45) is 5.73 Å². The summed E-state index contributed by atoms with van der Waals surface area (Å²) in [5.74, 6) is 0.00884. The number of hydrogen-bond acceptors (Lipinski definition) is 2. The number of piperidine rings is 1. The number of amides is 1. The molecule has 2 N–H and O–H groups in total. The maximum atomic E-state index is 12.2. The summed E-state index contributed by atoms with van der Waals surface area (Å²) in [7, 11) is 0. The monoisotopic (exact) mass is 316 g/mol. The number of hydrogen-bond donors (Lipinski definition) is 1. The van der Waals surface area contributed by atoms with Gasteiger partial charge in [0.2, 0.25) is 0 Å². The van der Waals surface area contributed by atoms with Gasteiger partial charge in [0.05, 0.1) is 5.02 Å². The zero-order chi connectivity index (χ0) is 12.4. The molecule has 1 amide bonds. The Morgan fingerprint density at radius 2 is 2.29 bits per heavy atom. The fraction of sp³-hybridized carbons (Fsp3) is 0.417. The summed E-state index contributed by atoms with van der Waals surface area (Å²) in [5, 5.41) is 0.553. The van der Waals surface area contributed by atoms with Crippen LogP contribution in [0.1, 0.15) is 23.2 Å². The molecule has 0 spiro atoms. The first kappa shape index (κ1) is 12.9. The van der Waals surface area contributed by atoms with Crippen molar-refractivity contribution in [3.05, 3.63) is 33.3 Å². The van der Waals surface area contributed by atoms with Crippen LogP contribution in [0.2, 0.25) is 5.02 Å². The summed E-state index contributed by atoms with van der Waals surface area (Å²) in [6.07, 6.45) is 1.96.